The molecule has 140 valence electrons. The van der Waals surface area contributed by atoms with Gasteiger partial charge >= 0.3 is 5.97 Å². The van der Waals surface area contributed by atoms with Crippen LogP contribution in [0.1, 0.15) is 47.5 Å². The topological polar surface area (TPSA) is 72.0 Å². The highest BCUT2D eigenvalue weighted by Gasteiger charge is 2.24. The van der Waals surface area contributed by atoms with Crippen LogP contribution in [0.5, 0.6) is 0 Å². The number of carbonyl (C=O) groups excluding carboxylic acids is 1. The number of hydrogen-bond acceptors (Lipinski definition) is 6. The average molecular weight is 401 g/mol. The lowest BCUT2D eigenvalue weighted by Crippen LogP contribution is -2.17. The van der Waals surface area contributed by atoms with Gasteiger partial charge in [-0.25, -0.2) is 9.78 Å². The zero-order valence-electron chi connectivity index (χ0n) is 15.2. The molecule has 0 unspecified atom stereocenters. The summed E-state index contributed by atoms with van der Waals surface area (Å²) in [7, 11) is 0. The molecule has 0 radical (unpaired) electrons. The molecule has 0 saturated heterocycles. The number of aromatic amines is 1. The first-order chi connectivity index (χ1) is 13.0. The predicted octanol–water partition coefficient (Wildman–Crippen LogP) is 4.49. The van der Waals surface area contributed by atoms with Gasteiger partial charge in [0.25, 0.3) is 5.56 Å². The Morgan fingerprint density at radius 2 is 2.33 bits per heavy atom. The van der Waals surface area contributed by atoms with E-state index in [1.807, 2.05) is 17.5 Å². The molecule has 3 aromatic rings. The van der Waals surface area contributed by atoms with Crippen LogP contribution in [-0.4, -0.2) is 15.9 Å². The normalized spacial score (nSPS) is 17.9. The quantitative estimate of drug-likeness (QED) is 0.517. The third-order valence-corrected chi connectivity index (χ3v) is 6.77. The van der Waals surface area contributed by atoms with Crippen LogP contribution in [0, 0.1) is 5.92 Å². The van der Waals surface area contributed by atoms with Crippen molar-refractivity contribution in [3.8, 4) is 0 Å². The van der Waals surface area contributed by atoms with Crippen LogP contribution >= 0.6 is 22.7 Å². The van der Waals surface area contributed by atoms with Crippen LogP contribution in [0.3, 0.4) is 0 Å². The molecular weight excluding hydrogens is 380 g/mol. The van der Waals surface area contributed by atoms with Gasteiger partial charge in [0.15, 0.2) is 11.9 Å². The molecule has 5 nitrogen and oxygen atoms in total. The van der Waals surface area contributed by atoms with Gasteiger partial charge in [0.05, 0.1) is 5.39 Å². The molecule has 0 saturated carbocycles. The summed E-state index contributed by atoms with van der Waals surface area (Å²) in [5.41, 5.74) is 1.01. The second-order valence-corrected chi connectivity index (χ2v) is 8.97. The van der Waals surface area contributed by atoms with Crippen LogP contribution in [0.4, 0.5) is 0 Å². The summed E-state index contributed by atoms with van der Waals surface area (Å²) in [5, 5.41) is 2.65. The molecule has 0 aliphatic heterocycles. The number of nitrogens with zero attached hydrogens (tertiary/aromatic N) is 1. The SMILES string of the molecule is C[C@@H]1CCc2c(sc3nc([C@H](C)OC(=O)/C=C/c4cccs4)[nH]c(=O)c23)C1. The van der Waals surface area contributed by atoms with Gasteiger partial charge < -0.3 is 9.72 Å². The van der Waals surface area contributed by atoms with Crippen molar-refractivity contribution < 1.29 is 9.53 Å². The van der Waals surface area contributed by atoms with Crippen molar-refractivity contribution in [1.82, 2.24) is 9.97 Å². The molecule has 3 heterocycles. The standard InChI is InChI=1S/C20H20N2O3S2/c1-11-5-7-14-15(10-11)27-20-17(14)19(24)21-18(22-20)12(2)25-16(23)8-6-13-4-3-9-26-13/h3-4,6,8-9,11-12H,5,7,10H2,1-2H3,(H,21,22,24)/b8-6+/t11-,12+/m1/s1. The molecule has 27 heavy (non-hydrogen) atoms. The van der Waals surface area contributed by atoms with Gasteiger partial charge in [-0.2, -0.15) is 0 Å². The minimum absolute atomic E-state index is 0.140. The van der Waals surface area contributed by atoms with E-state index < -0.39 is 12.1 Å². The van der Waals surface area contributed by atoms with Crippen LogP contribution < -0.4 is 5.56 Å². The maximum atomic E-state index is 12.6. The molecule has 1 aliphatic carbocycles. The maximum absolute atomic E-state index is 12.6. The van der Waals surface area contributed by atoms with E-state index in [2.05, 4.69) is 16.9 Å². The van der Waals surface area contributed by atoms with Gasteiger partial charge in [0.1, 0.15) is 4.83 Å². The molecule has 4 rings (SSSR count). The Hall–Kier alpha value is -2.25. The molecule has 0 amide bonds. The molecule has 0 spiro atoms. The van der Waals surface area contributed by atoms with E-state index in [1.165, 1.54) is 11.0 Å². The number of nitrogens with one attached hydrogen (secondary N) is 1. The third kappa shape index (κ3) is 3.75. The third-order valence-electron chi connectivity index (χ3n) is 4.79. The van der Waals surface area contributed by atoms with Crippen molar-refractivity contribution >= 4 is 44.9 Å². The summed E-state index contributed by atoms with van der Waals surface area (Å²) >= 11 is 3.14. The van der Waals surface area contributed by atoms with Crippen LogP contribution in [-0.2, 0) is 22.4 Å². The highest BCUT2D eigenvalue weighted by atomic mass is 32.1. The van der Waals surface area contributed by atoms with Crippen LogP contribution in [0.25, 0.3) is 16.3 Å². The first-order valence-electron chi connectivity index (χ1n) is 8.98. The smallest absolute Gasteiger partial charge is 0.331 e. The number of ether oxygens (including phenoxy) is 1. The molecule has 3 aromatic heterocycles. The largest absolute Gasteiger partial charge is 0.451 e. The molecule has 0 aromatic carbocycles. The predicted molar refractivity (Wildman–Crippen MR) is 109 cm³/mol. The molecule has 1 aliphatic rings. The number of H-pyrrole nitrogens is 1. The monoisotopic (exact) mass is 400 g/mol. The van der Waals surface area contributed by atoms with E-state index in [0.29, 0.717) is 17.1 Å². The van der Waals surface area contributed by atoms with Gasteiger partial charge in [-0.3, -0.25) is 4.79 Å². The Morgan fingerprint density at radius 3 is 3.11 bits per heavy atom. The number of thiophene rings is 2. The Morgan fingerprint density at radius 1 is 1.48 bits per heavy atom. The summed E-state index contributed by atoms with van der Waals surface area (Å²) in [6.45, 7) is 3.96. The number of rotatable bonds is 4. The van der Waals surface area contributed by atoms with Crippen molar-refractivity contribution in [2.24, 2.45) is 5.92 Å². The first kappa shape index (κ1) is 18.1. The number of carbonyl (C=O) groups is 1. The molecule has 1 N–H and O–H groups in total. The van der Waals surface area contributed by atoms with Crippen LogP contribution in [0.2, 0.25) is 0 Å². The Bertz CT molecular complexity index is 1060. The first-order valence-corrected chi connectivity index (χ1v) is 10.7. The zero-order chi connectivity index (χ0) is 19.0. The van der Waals surface area contributed by atoms with Crippen molar-refractivity contribution in [3.05, 3.63) is 55.1 Å². The lowest BCUT2D eigenvalue weighted by atomic mass is 9.89. The van der Waals surface area contributed by atoms with Gasteiger partial charge in [0, 0.05) is 15.8 Å². The van der Waals surface area contributed by atoms with Crippen molar-refractivity contribution in [2.75, 3.05) is 0 Å². The molecule has 0 bridgehead atoms. The highest BCUT2D eigenvalue weighted by molar-refractivity contribution is 7.18. The molecular formula is C20H20N2O3S2. The number of aryl methyl sites for hydroxylation is 1. The molecule has 7 heteroatoms. The second-order valence-electron chi connectivity index (χ2n) is 6.91. The van der Waals surface area contributed by atoms with Crippen LogP contribution in [0.15, 0.2) is 28.4 Å². The van der Waals surface area contributed by atoms with Gasteiger partial charge in [-0.05, 0) is 55.2 Å². The highest BCUT2D eigenvalue weighted by Crippen LogP contribution is 2.35. The lowest BCUT2D eigenvalue weighted by molar-refractivity contribution is -0.142. The van der Waals surface area contributed by atoms with E-state index in [0.717, 1.165) is 34.5 Å². The van der Waals surface area contributed by atoms with Gasteiger partial charge in [-0.15, -0.1) is 22.7 Å². The van der Waals surface area contributed by atoms with E-state index in [4.69, 9.17) is 4.74 Å². The van der Waals surface area contributed by atoms with Gasteiger partial charge in [-0.1, -0.05) is 13.0 Å². The summed E-state index contributed by atoms with van der Waals surface area (Å²) in [4.78, 5) is 35.1. The summed E-state index contributed by atoms with van der Waals surface area (Å²) in [5.74, 6) is 0.564. The van der Waals surface area contributed by atoms with Crippen molar-refractivity contribution in [2.45, 2.75) is 39.2 Å². The zero-order valence-corrected chi connectivity index (χ0v) is 16.8. The van der Waals surface area contributed by atoms with Crippen molar-refractivity contribution in [1.29, 1.82) is 0 Å². The lowest BCUT2D eigenvalue weighted by Gasteiger charge is -2.17. The number of esters is 1. The summed E-state index contributed by atoms with van der Waals surface area (Å²) in [6, 6.07) is 3.84. The summed E-state index contributed by atoms with van der Waals surface area (Å²) in [6.07, 6.45) is 5.52. The number of hydrogen-bond donors (Lipinski definition) is 1. The fourth-order valence-electron chi connectivity index (χ4n) is 3.36. The number of aromatic nitrogens is 2. The van der Waals surface area contributed by atoms with E-state index in [9.17, 15) is 9.59 Å². The van der Waals surface area contributed by atoms with E-state index in [1.54, 1.807) is 35.7 Å². The molecule has 2 atom stereocenters. The minimum atomic E-state index is -0.624. The number of fused-ring (bicyclic) bond motifs is 3. The Balaban J connectivity index is 1.56. The van der Waals surface area contributed by atoms with Crippen molar-refractivity contribution in [3.63, 3.8) is 0 Å². The van der Waals surface area contributed by atoms with Gasteiger partial charge in [0.2, 0.25) is 0 Å². The Labute approximate surface area is 164 Å². The second kappa shape index (κ2) is 7.40. The fourth-order valence-corrected chi connectivity index (χ4v) is 5.37. The maximum Gasteiger partial charge on any atom is 0.331 e. The average Bonchev–Trinajstić information content (AvgIpc) is 3.26. The molecule has 0 fully saturated rings. The Kier molecular flexibility index (Phi) is 4.97. The summed E-state index contributed by atoms with van der Waals surface area (Å²) < 4.78 is 5.41. The van der Waals surface area contributed by atoms with E-state index in [-0.39, 0.29) is 5.56 Å². The van der Waals surface area contributed by atoms with E-state index >= 15 is 0 Å². The fraction of sp³-hybridized carbons (Fsp3) is 0.350. The minimum Gasteiger partial charge on any atom is -0.451 e.